The van der Waals surface area contributed by atoms with Crippen molar-refractivity contribution in [2.75, 3.05) is 5.32 Å². The Morgan fingerprint density at radius 2 is 1.34 bits per heavy atom. The van der Waals surface area contributed by atoms with Gasteiger partial charge >= 0.3 is 6.09 Å². The Balaban J connectivity index is 1.45. The molecule has 0 aliphatic carbocycles. The summed E-state index contributed by atoms with van der Waals surface area (Å²) in [6.07, 6.45) is -0.288. The maximum atomic E-state index is 13.1. The van der Waals surface area contributed by atoms with Gasteiger partial charge in [0.1, 0.15) is 12.6 Å². The van der Waals surface area contributed by atoms with Crippen molar-refractivity contribution in [1.29, 1.82) is 0 Å². The Morgan fingerprint density at radius 3 is 2.06 bits per heavy atom. The summed E-state index contributed by atoms with van der Waals surface area (Å²) in [5, 5.41) is 7.76. The number of hydrogen-bond acceptors (Lipinski definition) is 3. The first-order valence-corrected chi connectivity index (χ1v) is 10.5. The van der Waals surface area contributed by atoms with Crippen LogP contribution < -0.4 is 10.6 Å². The van der Waals surface area contributed by atoms with Crippen LogP contribution in [0.1, 0.15) is 11.1 Å². The maximum Gasteiger partial charge on any atom is 0.408 e. The molecule has 0 saturated carbocycles. The highest BCUT2D eigenvalue weighted by Gasteiger charge is 2.22. The van der Waals surface area contributed by atoms with E-state index >= 15 is 0 Å². The minimum Gasteiger partial charge on any atom is -0.445 e. The van der Waals surface area contributed by atoms with E-state index in [1.54, 1.807) is 0 Å². The van der Waals surface area contributed by atoms with Crippen LogP contribution in [0.4, 0.5) is 10.5 Å². The zero-order valence-electron chi connectivity index (χ0n) is 17.5. The fourth-order valence-electron chi connectivity index (χ4n) is 3.46. The number of carbonyl (C=O) groups is 2. The minimum atomic E-state index is -0.785. The van der Waals surface area contributed by atoms with Crippen molar-refractivity contribution < 1.29 is 14.3 Å². The maximum absolute atomic E-state index is 13.1. The summed E-state index contributed by atoms with van der Waals surface area (Å²) in [6.45, 7) is 0.136. The van der Waals surface area contributed by atoms with Gasteiger partial charge in [-0.3, -0.25) is 4.79 Å². The summed E-state index contributed by atoms with van der Waals surface area (Å²) in [5.74, 6) is -0.305. The largest absolute Gasteiger partial charge is 0.445 e. The van der Waals surface area contributed by atoms with Gasteiger partial charge in [0.15, 0.2) is 0 Å². The van der Waals surface area contributed by atoms with Crippen LogP contribution in [-0.2, 0) is 22.6 Å². The van der Waals surface area contributed by atoms with E-state index in [0.29, 0.717) is 12.1 Å². The third-order valence-corrected chi connectivity index (χ3v) is 5.12. The Hall–Kier alpha value is -4.12. The highest BCUT2D eigenvalue weighted by molar-refractivity contribution is 5.98. The monoisotopic (exact) mass is 424 g/mol. The number of ether oxygens (including phenoxy) is 1. The van der Waals surface area contributed by atoms with E-state index in [9.17, 15) is 9.59 Å². The highest BCUT2D eigenvalue weighted by Crippen LogP contribution is 2.19. The van der Waals surface area contributed by atoms with Gasteiger partial charge in [-0.2, -0.15) is 0 Å². The molecule has 0 spiro atoms. The molecule has 0 saturated heterocycles. The summed E-state index contributed by atoms with van der Waals surface area (Å²) >= 11 is 0. The van der Waals surface area contributed by atoms with E-state index in [4.69, 9.17) is 4.74 Å². The van der Waals surface area contributed by atoms with E-state index < -0.39 is 12.1 Å². The van der Waals surface area contributed by atoms with E-state index in [2.05, 4.69) is 10.6 Å². The van der Waals surface area contributed by atoms with Gasteiger partial charge < -0.3 is 15.4 Å². The van der Waals surface area contributed by atoms with Crippen LogP contribution in [0.15, 0.2) is 103 Å². The highest BCUT2D eigenvalue weighted by atomic mass is 16.5. The summed E-state index contributed by atoms with van der Waals surface area (Å²) in [6, 6.07) is 31.9. The molecule has 32 heavy (non-hydrogen) atoms. The molecule has 0 heterocycles. The minimum absolute atomic E-state index is 0.136. The molecule has 0 aliphatic rings. The van der Waals surface area contributed by atoms with Crippen molar-refractivity contribution >= 4 is 28.5 Å². The lowest BCUT2D eigenvalue weighted by atomic mass is 10.0. The first-order valence-electron chi connectivity index (χ1n) is 10.5. The van der Waals surface area contributed by atoms with Gasteiger partial charge in [0.05, 0.1) is 0 Å². The molecule has 0 bridgehead atoms. The molecule has 160 valence electrons. The smallest absolute Gasteiger partial charge is 0.408 e. The average Bonchev–Trinajstić information content (AvgIpc) is 2.83. The number of hydrogen-bond donors (Lipinski definition) is 2. The fourth-order valence-corrected chi connectivity index (χ4v) is 3.46. The van der Waals surface area contributed by atoms with E-state index in [1.807, 2.05) is 103 Å². The summed E-state index contributed by atoms with van der Waals surface area (Å²) < 4.78 is 5.32. The molecule has 2 amide bonds. The van der Waals surface area contributed by atoms with Gasteiger partial charge in [0, 0.05) is 12.1 Å². The lowest BCUT2D eigenvalue weighted by molar-refractivity contribution is -0.118. The first kappa shape index (κ1) is 21.1. The van der Waals surface area contributed by atoms with Crippen LogP contribution in [0, 0.1) is 0 Å². The van der Waals surface area contributed by atoms with E-state index in [-0.39, 0.29) is 12.5 Å². The molecule has 0 unspecified atom stereocenters. The molecule has 4 rings (SSSR count). The van der Waals surface area contributed by atoms with Crippen molar-refractivity contribution in [3.8, 4) is 0 Å². The zero-order chi connectivity index (χ0) is 22.2. The van der Waals surface area contributed by atoms with Gasteiger partial charge in [0.25, 0.3) is 0 Å². The third-order valence-electron chi connectivity index (χ3n) is 5.12. The van der Waals surface area contributed by atoms with Crippen LogP contribution in [-0.4, -0.2) is 18.0 Å². The van der Waals surface area contributed by atoms with Crippen LogP contribution in [0.2, 0.25) is 0 Å². The molecule has 0 radical (unpaired) electrons. The van der Waals surface area contributed by atoms with Crippen molar-refractivity contribution in [2.24, 2.45) is 0 Å². The van der Waals surface area contributed by atoms with Crippen LogP contribution >= 0.6 is 0 Å². The van der Waals surface area contributed by atoms with Crippen molar-refractivity contribution in [2.45, 2.75) is 19.1 Å². The normalized spacial score (nSPS) is 11.5. The molecular formula is C27H24N2O3. The quantitative estimate of drug-likeness (QED) is 0.422. The summed E-state index contributed by atoms with van der Waals surface area (Å²) in [4.78, 5) is 25.5. The Labute approximate surface area is 187 Å². The lowest BCUT2D eigenvalue weighted by Gasteiger charge is -2.19. The van der Waals surface area contributed by atoms with Gasteiger partial charge in [0.2, 0.25) is 5.91 Å². The molecule has 0 fully saturated rings. The van der Waals surface area contributed by atoms with Crippen LogP contribution in [0.25, 0.3) is 10.8 Å². The van der Waals surface area contributed by atoms with Crippen LogP contribution in [0.3, 0.4) is 0 Å². The first-order chi connectivity index (χ1) is 15.7. The number of benzene rings is 4. The van der Waals surface area contributed by atoms with Gasteiger partial charge in [-0.1, -0.05) is 91.0 Å². The van der Waals surface area contributed by atoms with Gasteiger partial charge in [-0.25, -0.2) is 4.79 Å². The Bertz CT molecular complexity index is 1190. The second-order valence-electron chi connectivity index (χ2n) is 7.50. The standard InChI is InChI=1S/C27H24N2O3/c30-26(28-24-16-15-22-13-7-8-14-23(22)18-24)25(17-20-9-3-1-4-10-20)29-27(31)32-19-21-11-5-2-6-12-21/h1-16,18,25H,17,19H2,(H,28,30)(H,29,31)/t25-/m0/s1. The number of rotatable bonds is 7. The van der Waals surface area contributed by atoms with Crippen molar-refractivity contribution in [1.82, 2.24) is 5.32 Å². The number of nitrogens with one attached hydrogen (secondary N) is 2. The Kier molecular flexibility index (Phi) is 6.78. The topological polar surface area (TPSA) is 67.4 Å². The lowest BCUT2D eigenvalue weighted by Crippen LogP contribution is -2.45. The van der Waals surface area contributed by atoms with Gasteiger partial charge in [-0.05, 0) is 34.0 Å². The number of fused-ring (bicyclic) bond motifs is 1. The predicted octanol–water partition coefficient (Wildman–Crippen LogP) is 5.32. The molecule has 1 atom stereocenters. The number of carbonyl (C=O) groups excluding carboxylic acids is 2. The molecule has 4 aromatic rings. The number of anilines is 1. The predicted molar refractivity (Wildman–Crippen MR) is 126 cm³/mol. The molecular weight excluding hydrogens is 400 g/mol. The average molecular weight is 425 g/mol. The molecule has 4 aromatic carbocycles. The van der Waals surface area contributed by atoms with Crippen LogP contribution in [0.5, 0.6) is 0 Å². The SMILES string of the molecule is O=C(N[C@@H](Cc1ccccc1)C(=O)Nc1ccc2ccccc2c1)OCc1ccccc1. The fraction of sp³-hybridized carbons (Fsp3) is 0.111. The summed E-state index contributed by atoms with van der Waals surface area (Å²) in [5.41, 5.74) is 2.49. The molecule has 5 nitrogen and oxygen atoms in total. The summed E-state index contributed by atoms with van der Waals surface area (Å²) in [7, 11) is 0. The zero-order valence-corrected chi connectivity index (χ0v) is 17.5. The second-order valence-corrected chi connectivity index (χ2v) is 7.50. The molecule has 2 N–H and O–H groups in total. The Morgan fingerprint density at radius 1 is 0.719 bits per heavy atom. The molecule has 0 aromatic heterocycles. The molecule has 5 heteroatoms. The van der Waals surface area contributed by atoms with E-state index in [1.165, 1.54) is 0 Å². The van der Waals surface area contributed by atoms with Crippen molar-refractivity contribution in [3.05, 3.63) is 114 Å². The second kappa shape index (κ2) is 10.3. The third kappa shape index (κ3) is 5.73. The van der Waals surface area contributed by atoms with Gasteiger partial charge in [-0.15, -0.1) is 0 Å². The molecule has 0 aliphatic heterocycles. The van der Waals surface area contributed by atoms with Crippen molar-refractivity contribution in [3.63, 3.8) is 0 Å². The van der Waals surface area contributed by atoms with E-state index in [0.717, 1.165) is 21.9 Å². The number of amides is 2. The number of alkyl carbamates (subject to hydrolysis) is 1.